The molecule has 0 bridgehead atoms. The van der Waals surface area contributed by atoms with Gasteiger partial charge in [-0.25, -0.2) is 4.39 Å². The lowest BCUT2D eigenvalue weighted by atomic mass is 9.86. The van der Waals surface area contributed by atoms with Gasteiger partial charge in [-0.05, 0) is 78.9 Å². The molecule has 1 aliphatic heterocycles. The van der Waals surface area contributed by atoms with Crippen LogP contribution >= 0.6 is 0 Å². The summed E-state index contributed by atoms with van der Waals surface area (Å²) < 4.78 is 17.1. The predicted octanol–water partition coefficient (Wildman–Crippen LogP) is 5.96. The molecule has 5 nitrogen and oxygen atoms in total. The SMILES string of the molecule is CC(C)(O)CF.Cc1ccc2c(-c3ccc4c5c(ccnc35)CCO4)c(CC(=O)O)c(C)cc2c1. The summed E-state index contributed by atoms with van der Waals surface area (Å²) in [7, 11) is 0. The minimum absolute atomic E-state index is 0.0234. The van der Waals surface area contributed by atoms with Crippen LogP contribution in [0.3, 0.4) is 0 Å². The molecule has 0 atom stereocenters. The van der Waals surface area contributed by atoms with Crippen molar-refractivity contribution in [1.29, 1.82) is 0 Å². The highest BCUT2D eigenvalue weighted by atomic mass is 19.1. The first-order valence-corrected chi connectivity index (χ1v) is 11.7. The Kier molecular flexibility index (Phi) is 6.77. The molecule has 1 aliphatic rings. The largest absolute Gasteiger partial charge is 0.493 e. The number of fused-ring (bicyclic) bond motifs is 1. The molecule has 0 radical (unpaired) electrons. The standard InChI is InChI=1S/C25H21NO3.C4H9FO/c1-14-3-4-18-17(11-14)12-15(2)20(13-22(27)28)24(18)19-5-6-21-23-16(8-10-29-21)7-9-26-25(19)23;1-4(2,6)3-5/h3-7,9,11-12H,8,10,13H2,1-2H3,(H,27,28);6H,3H2,1-2H3. The lowest BCUT2D eigenvalue weighted by Gasteiger charge is -2.21. The molecule has 2 N–H and O–H groups in total. The van der Waals surface area contributed by atoms with Gasteiger partial charge < -0.3 is 14.9 Å². The third-order valence-corrected chi connectivity index (χ3v) is 6.12. The van der Waals surface area contributed by atoms with Crippen LogP contribution in [-0.4, -0.2) is 40.0 Å². The van der Waals surface area contributed by atoms with E-state index < -0.39 is 18.2 Å². The highest BCUT2D eigenvalue weighted by Gasteiger charge is 2.22. The number of rotatable bonds is 4. The molecule has 0 amide bonds. The minimum Gasteiger partial charge on any atom is -0.493 e. The quantitative estimate of drug-likeness (QED) is 0.381. The number of carboxylic acids is 1. The highest BCUT2D eigenvalue weighted by molar-refractivity contribution is 6.08. The summed E-state index contributed by atoms with van der Waals surface area (Å²) in [4.78, 5) is 16.4. The zero-order chi connectivity index (χ0) is 25.3. The lowest BCUT2D eigenvalue weighted by Crippen LogP contribution is -2.20. The Bertz CT molecular complexity index is 1410. The van der Waals surface area contributed by atoms with Gasteiger partial charge in [-0.1, -0.05) is 29.8 Å². The van der Waals surface area contributed by atoms with E-state index >= 15 is 0 Å². The number of pyridine rings is 1. The van der Waals surface area contributed by atoms with Gasteiger partial charge >= 0.3 is 5.97 Å². The summed E-state index contributed by atoms with van der Waals surface area (Å²) >= 11 is 0. The van der Waals surface area contributed by atoms with E-state index in [1.807, 2.05) is 31.3 Å². The molecule has 2 heterocycles. The van der Waals surface area contributed by atoms with Crippen LogP contribution in [0.4, 0.5) is 4.39 Å². The molecule has 0 fully saturated rings. The van der Waals surface area contributed by atoms with Crippen LogP contribution in [0.5, 0.6) is 5.75 Å². The zero-order valence-corrected chi connectivity index (χ0v) is 20.5. The van der Waals surface area contributed by atoms with Crippen molar-refractivity contribution in [2.75, 3.05) is 13.3 Å². The number of nitrogens with zero attached hydrogens (tertiary/aromatic N) is 1. The second-order valence-corrected chi connectivity index (χ2v) is 9.69. The van der Waals surface area contributed by atoms with Gasteiger partial charge in [0, 0.05) is 23.6 Å². The van der Waals surface area contributed by atoms with Gasteiger partial charge in [0.15, 0.2) is 0 Å². The maximum absolute atomic E-state index is 11.7. The van der Waals surface area contributed by atoms with Gasteiger partial charge in [0.25, 0.3) is 0 Å². The molecule has 0 aliphatic carbocycles. The van der Waals surface area contributed by atoms with Crippen LogP contribution in [-0.2, 0) is 17.6 Å². The van der Waals surface area contributed by atoms with Gasteiger partial charge in [-0.15, -0.1) is 0 Å². The maximum Gasteiger partial charge on any atom is 0.307 e. The number of hydrogen-bond acceptors (Lipinski definition) is 4. The van der Waals surface area contributed by atoms with E-state index in [9.17, 15) is 14.3 Å². The number of benzene rings is 3. The van der Waals surface area contributed by atoms with Crippen LogP contribution < -0.4 is 4.74 Å². The number of ether oxygens (including phenoxy) is 1. The van der Waals surface area contributed by atoms with Crippen LogP contribution in [0, 0.1) is 13.8 Å². The molecular weight excluding hydrogens is 445 g/mol. The summed E-state index contributed by atoms with van der Waals surface area (Å²) in [5.41, 5.74) is 5.90. The van der Waals surface area contributed by atoms with E-state index in [0.29, 0.717) is 6.61 Å². The van der Waals surface area contributed by atoms with Gasteiger partial charge in [0.1, 0.15) is 12.4 Å². The molecule has 0 saturated carbocycles. The fourth-order valence-corrected chi connectivity index (χ4v) is 4.50. The maximum atomic E-state index is 11.7. The van der Waals surface area contributed by atoms with Crippen molar-refractivity contribution in [3.8, 4) is 16.9 Å². The fourth-order valence-electron chi connectivity index (χ4n) is 4.50. The van der Waals surface area contributed by atoms with E-state index in [-0.39, 0.29) is 6.42 Å². The summed E-state index contributed by atoms with van der Waals surface area (Å²) in [5, 5.41) is 21.3. The van der Waals surface area contributed by atoms with E-state index in [4.69, 9.17) is 14.8 Å². The van der Waals surface area contributed by atoms with Crippen molar-refractivity contribution in [2.45, 2.75) is 46.1 Å². The summed E-state index contributed by atoms with van der Waals surface area (Å²) in [6.07, 6.45) is 2.67. The molecule has 6 heteroatoms. The Morgan fingerprint density at radius 2 is 1.89 bits per heavy atom. The van der Waals surface area contributed by atoms with Crippen LogP contribution in [0.25, 0.3) is 32.8 Å². The topological polar surface area (TPSA) is 79.7 Å². The predicted molar refractivity (Wildman–Crippen MR) is 137 cm³/mol. The van der Waals surface area contributed by atoms with Crippen molar-refractivity contribution in [1.82, 2.24) is 4.98 Å². The number of hydrogen-bond donors (Lipinski definition) is 2. The number of aliphatic hydroxyl groups is 1. The molecular formula is C29H30FNO4. The Hall–Kier alpha value is -3.51. The van der Waals surface area contributed by atoms with Crippen LogP contribution in [0.1, 0.15) is 36.1 Å². The fraction of sp³-hybridized carbons (Fsp3) is 0.310. The first kappa shape index (κ1) is 24.6. The molecule has 0 saturated heterocycles. The minimum atomic E-state index is -1.12. The number of halogens is 1. The lowest BCUT2D eigenvalue weighted by molar-refractivity contribution is -0.136. The number of carboxylic acid groups (broad SMARTS) is 1. The highest BCUT2D eigenvalue weighted by Crippen LogP contribution is 2.42. The second kappa shape index (κ2) is 9.62. The Morgan fingerprint density at radius 1 is 1.14 bits per heavy atom. The van der Waals surface area contributed by atoms with E-state index in [2.05, 4.69) is 31.2 Å². The van der Waals surface area contributed by atoms with Crippen molar-refractivity contribution in [2.24, 2.45) is 0 Å². The van der Waals surface area contributed by atoms with E-state index in [1.54, 1.807) is 0 Å². The number of carbonyl (C=O) groups is 1. The molecule has 35 heavy (non-hydrogen) atoms. The summed E-state index contributed by atoms with van der Waals surface area (Å²) in [6, 6.07) is 14.5. The average Bonchev–Trinajstić information content (AvgIpc) is 2.80. The molecule has 3 aromatic carbocycles. The Labute approximate surface area is 204 Å². The third kappa shape index (κ3) is 5.13. The Balaban J connectivity index is 0.000000431. The zero-order valence-electron chi connectivity index (χ0n) is 20.5. The summed E-state index contributed by atoms with van der Waals surface area (Å²) in [6.45, 7) is 6.90. The monoisotopic (exact) mass is 475 g/mol. The average molecular weight is 476 g/mol. The molecule has 0 spiro atoms. The first-order chi connectivity index (χ1) is 16.6. The number of aryl methyl sites for hydroxylation is 2. The second-order valence-electron chi connectivity index (χ2n) is 9.69. The first-order valence-electron chi connectivity index (χ1n) is 11.7. The van der Waals surface area contributed by atoms with Crippen LogP contribution in [0.15, 0.2) is 48.7 Å². The number of alkyl halides is 1. The van der Waals surface area contributed by atoms with Gasteiger partial charge in [-0.3, -0.25) is 9.78 Å². The molecule has 4 aromatic rings. The summed E-state index contributed by atoms with van der Waals surface area (Å²) in [5.74, 6) is 0.0190. The van der Waals surface area contributed by atoms with E-state index in [0.717, 1.165) is 56.1 Å². The van der Waals surface area contributed by atoms with Crippen molar-refractivity contribution >= 4 is 27.6 Å². The van der Waals surface area contributed by atoms with Crippen molar-refractivity contribution in [3.05, 3.63) is 70.9 Å². The van der Waals surface area contributed by atoms with Crippen LogP contribution in [0.2, 0.25) is 0 Å². The van der Waals surface area contributed by atoms with Gasteiger partial charge in [-0.2, -0.15) is 0 Å². The van der Waals surface area contributed by atoms with Gasteiger partial charge in [0.2, 0.25) is 0 Å². The van der Waals surface area contributed by atoms with Crippen molar-refractivity contribution in [3.63, 3.8) is 0 Å². The Morgan fingerprint density at radius 3 is 2.57 bits per heavy atom. The number of aromatic nitrogens is 1. The molecule has 1 aromatic heterocycles. The molecule has 182 valence electrons. The van der Waals surface area contributed by atoms with Gasteiger partial charge in [0.05, 0.1) is 24.1 Å². The molecule has 0 unspecified atom stereocenters. The van der Waals surface area contributed by atoms with Crippen molar-refractivity contribution < 1.29 is 24.1 Å². The third-order valence-electron chi connectivity index (χ3n) is 6.12. The normalized spacial score (nSPS) is 12.7. The van der Waals surface area contributed by atoms with E-state index in [1.165, 1.54) is 25.0 Å². The number of aliphatic carboxylic acids is 1. The smallest absolute Gasteiger partial charge is 0.307 e. The molecule has 5 rings (SSSR count).